The first-order valence-corrected chi connectivity index (χ1v) is 12.2. The number of piperidine rings is 1. The fourth-order valence-corrected chi connectivity index (χ4v) is 6.14. The summed E-state index contributed by atoms with van der Waals surface area (Å²) in [5.74, 6) is 1.47. The molecule has 1 aromatic rings. The van der Waals surface area contributed by atoms with Crippen LogP contribution in [0.4, 0.5) is 0 Å². The SMILES string of the molecule is OC1C(NCC2CCCCC2)C2COC(O2)C1N1CCC(Cc2ccccc2)CC1. The zero-order chi connectivity index (χ0) is 20.3. The Morgan fingerprint density at radius 3 is 2.50 bits per heavy atom. The van der Waals surface area contributed by atoms with Crippen molar-refractivity contribution < 1.29 is 14.6 Å². The molecule has 2 N–H and O–H groups in total. The Bertz CT molecular complexity index is 658. The molecule has 4 aliphatic rings. The molecule has 2 bridgehead atoms. The highest BCUT2D eigenvalue weighted by atomic mass is 16.7. The Morgan fingerprint density at radius 1 is 0.967 bits per heavy atom. The van der Waals surface area contributed by atoms with E-state index in [-0.39, 0.29) is 24.5 Å². The minimum atomic E-state index is -0.425. The summed E-state index contributed by atoms with van der Waals surface area (Å²) in [5, 5.41) is 15.0. The molecule has 5 nitrogen and oxygen atoms in total. The standard InChI is InChI=1S/C25H38N2O3/c28-24-22(26-16-20-9-5-2-6-10-20)21-17-29-25(30-21)23(24)27-13-11-19(12-14-27)15-18-7-3-1-4-8-18/h1,3-4,7-8,19-26,28H,2,5-6,9-17H2. The van der Waals surface area contributed by atoms with Crippen LogP contribution in [0.15, 0.2) is 30.3 Å². The molecular formula is C25H38N2O3. The molecule has 30 heavy (non-hydrogen) atoms. The van der Waals surface area contributed by atoms with E-state index >= 15 is 0 Å². The van der Waals surface area contributed by atoms with Crippen molar-refractivity contribution in [2.45, 2.75) is 81.9 Å². The van der Waals surface area contributed by atoms with Gasteiger partial charge in [-0.1, -0.05) is 49.6 Å². The van der Waals surface area contributed by atoms with E-state index in [1.165, 1.54) is 50.5 Å². The maximum absolute atomic E-state index is 11.3. The highest BCUT2D eigenvalue weighted by molar-refractivity contribution is 5.15. The smallest absolute Gasteiger partial charge is 0.176 e. The normalized spacial score (nSPS) is 36.2. The second kappa shape index (κ2) is 9.66. The summed E-state index contributed by atoms with van der Waals surface area (Å²) in [4.78, 5) is 2.44. The highest BCUT2D eigenvalue weighted by Gasteiger charge is 2.52. The number of hydrogen-bond donors (Lipinski definition) is 2. The van der Waals surface area contributed by atoms with Gasteiger partial charge in [0.15, 0.2) is 6.29 Å². The first-order chi connectivity index (χ1) is 14.8. The maximum atomic E-state index is 11.3. The van der Waals surface area contributed by atoms with E-state index < -0.39 is 6.10 Å². The van der Waals surface area contributed by atoms with Crippen LogP contribution in [0.2, 0.25) is 0 Å². The van der Waals surface area contributed by atoms with Gasteiger partial charge in [0.05, 0.1) is 24.8 Å². The van der Waals surface area contributed by atoms with Crippen molar-refractivity contribution in [1.29, 1.82) is 0 Å². The van der Waals surface area contributed by atoms with Crippen molar-refractivity contribution in [3.63, 3.8) is 0 Å². The third kappa shape index (κ3) is 4.61. The minimum Gasteiger partial charge on any atom is -0.390 e. The molecule has 3 heterocycles. The molecule has 5 rings (SSSR count). The van der Waals surface area contributed by atoms with Crippen LogP contribution in [0.25, 0.3) is 0 Å². The van der Waals surface area contributed by atoms with Gasteiger partial charge in [0.25, 0.3) is 0 Å². The summed E-state index contributed by atoms with van der Waals surface area (Å²) in [6.07, 6.45) is 9.52. The maximum Gasteiger partial charge on any atom is 0.176 e. The molecule has 5 heteroatoms. The fraction of sp³-hybridized carbons (Fsp3) is 0.760. The molecule has 0 aromatic heterocycles. The Kier molecular flexibility index (Phi) is 6.73. The van der Waals surface area contributed by atoms with Gasteiger partial charge >= 0.3 is 0 Å². The number of rotatable bonds is 6. The van der Waals surface area contributed by atoms with Gasteiger partial charge < -0.3 is 19.9 Å². The summed E-state index contributed by atoms with van der Waals surface area (Å²) in [6, 6.07) is 10.8. The molecule has 0 spiro atoms. The number of benzene rings is 1. The topological polar surface area (TPSA) is 54.0 Å². The van der Waals surface area contributed by atoms with Crippen LogP contribution >= 0.6 is 0 Å². The molecule has 3 saturated heterocycles. The van der Waals surface area contributed by atoms with Gasteiger partial charge in [0.2, 0.25) is 0 Å². The minimum absolute atomic E-state index is 0.0135. The molecule has 5 atom stereocenters. The summed E-state index contributed by atoms with van der Waals surface area (Å²) in [5.41, 5.74) is 1.44. The quantitative estimate of drug-likeness (QED) is 0.750. The second-order valence-corrected chi connectivity index (χ2v) is 9.96. The third-order valence-corrected chi connectivity index (χ3v) is 7.94. The first kappa shape index (κ1) is 20.9. The summed E-state index contributed by atoms with van der Waals surface area (Å²) >= 11 is 0. The Balaban J connectivity index is 1.17. The molecule has 0 radical (unpaired) electrons. The number of hydrogen-bond acceptors (Lipinski definition) is 5. The van der Waals surface area contributed by atoms with Gasteiger partial charge in [0, 0.05) is 0 Å². The third-order valence-electron chi connectivity index (χ3n) is 7.94. The molecule has 166 valence electrons. The predicted molar refractivity (Wildman–Crippen MR) is 117 cm³/mol. The van der Waals surface area contributed by atoms with Crippen LogP contribution < -0.4 is 5.32 Å². The fourth-order valence-electron chi connectivity index (χ4n) is 6.14. The van der Waals surface area contributed by atoms with Crippen molar-refractivity contribution in [2.24, 2.45) is 11.8 Å². The van der Waals surface area contributed by atoms with Crippen molar-refractivity contribution in [1.82, 2.24) is 10.2 Å². The number of nitrogens with one attached hydrogen (secondary N) is 1. The van der Waals surface area contributed by atoms with Gasteiger partial charge in [-0.25, -0.2) is 0 Å². The number of ether oxygens (including phenoxy) is 2. The second-order valence-electron chi connectivity index (χ2n) is 9.96. The van der Waals surface area contributed by atoms with E-state index in [9.17, 15) is 5.11 Å². The van der Waals surface area contributed by atoms with E-state index in [4.69, 9.17) is 9.47 Å². The van der Waals surface area contributed by atoms with Crippen LogP contribution in [0.1, 0.15) is 50.5 Å². The van der Waals surface area contributed by atoms with Crippen LogP contribution in [-0.2, 0) is 15.9 Å². The van der Waals surface area contributed by atoms with Crippen molar-refractivity contribution in [2.75, 3.05) is 26.2 Å². The van der Waals surface area contributed by atoms with Crippen molar-refractivity contribution in [3.05, 3.63) is 35.9 Å². The first-order valence-electron chi connectivity index (χ1n) is 12.2. The molecule has 0 amide bonds. The van der Waals surface area contributed by atoms with Crippen LogP contribution in [-0.4, -0.2) is 66.8 Å². The molecule has 1 saturated carbocycles. The molecular weight excluding hydrogens is 376 g/mol. The van der Waals surface area contributed by atoms with Crippen LogP contribution in [0, 0.1) is 11.8 Å². The van der Waals surface area contributed by atoms with E-state index in [1.54, 1.807) is 0 Å². The average Bonchev–Trinajstić information content (AvgIpc) is 3.21. The Morgan fingerprint density at radius 2 is 1.73 bits per heavy atom. The monoisotopic (exact) mass is 414 g/mol. The van der Waals surface area contributed by atoms with Gasteiger partial charge in [0.1, 0.15) is 6.10 Å². The average molecular weight is 415 g/mol. The van der Waals surface area contributed by atoms with Crippen LogP contribution in [0.3, 0.4) is 0 Å². The Labute approximate surface area is 181 Å². The van der Waals surface area contributed by atoms with Crippen molar-refractivity contribution >= 4 is 0 Å². The number of nitrogens with zero attached hydrogens (tertiary/aromatic N) is 1. The summed E-state index contributed by atoms with van der Waals surface area (Å²) in [6.45, 7) is 3.63. The lowest BCUT2D eigenvalue weighted by Gasteiger charge is -2.46. The Hall–Kier alpha value is -0.980. The van der Waals surface area contributed by atoms with E-state index in [2.05, 4.69) is 40.5 Å². The predicted octanol–water partition coefficient (Wildman–Crippen LogP) is 2.96. The lowest BCUT2D eigenvalue weighted by Crippen LogP contribution is -2.65. The number of likely N-dealkylation sites (tertiary alicyclic amines) is 1. The number of fused-ring (bicyclic) bond motifs is 2. The molecule has 5 unspecified atom stereocenters. The highest BCUT2D eigenvalue weighted by Crippen LogP contribution is 2.34. The zero-order valence-corrected chi connectivity index (χ0v) is 18.1. The summed E-state index contributed by atoms with van der Waals surface area (Å²) in [7, 11) is 0. The van der Waals surface area contributed by atoms with Crippen LogP contribution in [0.5, 0.6) is 0 Å². The largest absolute Gasteiger partial charge is 0.390 e. The zero-order valence-electron chi connectivity index (χ0n) is 18.1. The van der Waals surface area contributed by atoms with E-state index in [0.29, 0.717) is 6.61 Å². The lowest BCUT2D eigenvalue weighted by molar-refractivity contribution is -0.186. The molecule has 4 fully saturated rings. The van der Waals surface area contributed by atoms with E-state index in [1.807, 2.05) is 0 Å². The van der Waals surface area contributed by atoms with Crippen molar-refractivity contribution in [3.8, 4) is 0 Å². The lowest BCUT2D eigenvalue weighted by atomic mass is 9.86. The van der Waals surface area contributed by atoms with Gasteiger partial charge in [-0.3, -0.25) is 4.90 Å². The molecule has 3 aliphatic heterocycles. The van der Waals surface area contributed by atoms with E-state index in [0.717, 1.165) is 37.9 Å². The molecule has 1 aromatic carbocycles. The van der Waals surface area contributed by atoms with Gasteiger partial charge in [-0.15, -0.1) is 0 Å². The number of aliphatic hydroxyl groups excluding tert-OH is 1. The molecule has 1 aliphatic carbocycles. The number of aliphatic hydroxyl groups is 1. The van der Waals surface area contributed by atoms with Gasteiger partial charge in [-0.05, 0) is 69.1 Å². The van der Waals surface area contributed by atoms with Gasteiger partial charge in [-0.2, -0.15) is 0 Å². The summed E-state index contributed by atoms with van der Waals surface area (Å²) < 4.78 is 12.2.